The van der Waals surface area contributed by atoms with Crippen molar-refractivity contribution >= 4 is 28.4 Å². The fraction of sp³-hybridized carbons (Fsp3) is 0.375. The SMILES string of the molecule is C=CCCC(=O)c1nnn(C)c1I. The highest BCUT2D eigenvalue weighted by Crippen LogP contribution is 2.10. The second-order valence-electron chi connectivity index (χ2n) is 2.60. The smallest absolute Gasteiger partial charge is 0.186 e. The summed E-state index contributed by atoms with van der Waals surface area (Å²) < 4.78 is 2.37. The summed E-state index contributed by atoms with van der Waals surface area (Å²) in [5, 5.41) is 7.55. The van der Waals surface area contributed by atoms with E-state index in [4.69, 9.17) is 0 Å². The molecule has 0 saturated heterocycles. The molecule has 0 N–H and O–H groups in total. The second kappa shape index (κ2) is 4.50. The minimum Gasteiger partial charge on any atom is -0.292 e. The van der Waals surface area contributed by atoms with Gasteiger partial charge in [-0.1, -0.05) is 11.3 Å². The molecule has 0 bridgehead atoms. The number of aromatic nitrogens is 3. The number of allylic oxidation sites excluding steroid dienone is 1. The molecule has 0 unspecified atom stereocenters. The molecule has 0 spiro atoms. The Labute approximate surface area is 90.2 Å². The van der Waals surface area contributed by atoms with Crippen molar-refractivity contribution in [1.82, 2.24) is 15.0 Å². The number of ketones is 1. The maximum absolute atomic E-state index is 11.5. The van der Waals surface area contributed by atoms with E-state index in [-0.39, 0.29) is 5.78 Å². The van der Waals surface area contributed by atoms with Gasteiger partial charge < -0.3 is 0 Å². The molecule has 1 aromatic rings. The van der Waals surface area contributed by atoms with Gasteiger partial charge in [-0.05, 0) is 29.0 Å². The highest BCUT2D eigenvalue weighted by atomic mass is 127. The normalized spacial score (nSPS) is 10.0. The van der Waals surface area contributed by atoms with E-state index in [0.29, 0.717) is 18.5 Å². The number of carbonyl (C=O) groups excluding carboxylic acids is 1. The van der Waals surface area contributed by atoms with Gasteiger partial charge in [0.25, 0.3) is 0 Å². The number of hydrogen-bond acceptors (Lipinski definition) is 3. The number of halogens is 1. The Morgan fingerprint density at radius 3 is 2.92 bits per heavy atom. The van der Waals surface area contributed by atoms with Gasteiger partial charge in [0.2, 0.25) is 0 Å². The molecular formula is C8H10IN3O. The average molecular weight is 291 g/mol. The molecule has 0 radical (unpaired) electrons. The molecule has 0 amide bonds. The van der Waals surface area contributed by atoms with Crippen molar-refractivity contribution in [3.05, 3.63) is 22.0 Å². The largest absolute Gasteiger partial charge is 0.292 e. The van der Waals surface area contributed by atoms with Crippen LogP contribution in [-0.4, -0.2) is 20.8 Å². The first-order chi connectivity index (χ1) is 6.16. The van der Waals surface area contributed by atoms with E-state index in [9.17, 15) is 4.79 Å². The van der Waals surface area contributed by atoms with Gasteiger partial charge in [-0.3, -0.25) is 4.79 Å². The number of hydrogen-bond donors (Lipinski definition) is 0. The maximum Gasteiger partial charge on any atom is 0.186 e. The highest BCUT2D eigenvalue weighted by molar-refractivity contribution is 14.1. The van der Waals surface area contributed by atoms with Gasteiger partial charge in [-0.2, -0.15) is 0 Å². The molecule has 13 heavy (non-hydrogen) atoms. The van der Waals surface area contributed by atoms with Gasteiger partial charge in [0.15, 0.2) is 11.5 Å². The fourth-order valence-corrected chi connectivity index (χ4v) is 1.37. The van der Waals surface area contributed by atoms with E-state index < -0.39 is 0 Å². The average Bonchev–Trinajstić information content (AvgIpc) is 2.44. The molecule has 1 aromatic heterocycles. The lowest BCUT2D eigenvalue weighted by molar-refractivity contribution is 0.0978. The first kappa shape index (κ1) is 10.4. The molecular weight excluding hydrogens is 281 g/mol. The van der Waals surface area contributed by atoms with E-state index in [1.54, 1.807) is 17.8 Å². The Bertz CT molecular complexity index is 332. The van der Waals surface area contributed by atoms with Gasteiger partial charge in [-0.25, -0.2) is 4.68 Å². The summed E-state index contributed by atoms with van der Waals surface area (Å²) in [6.45, 7) is 3.56. The Balaban J connectivity index is 2.77. The number of nitrogens with zero attached hydrogens (tertiary/aromatic N) is 3. The van der Waals surface area contributed by atoms with E-state index in [0.717, 1.165) is 3.70 Å². The molecule has 5 heteroatoms. The summed E-state index contributed by atoms with van der Waals surface area (Å²) >= 11 is 2.06. The quantitative estimate of drug-likeness (QED) is 0.480. The molecule has 1 heterocycles. The van der Waals surface area contributed by atoms with Crippen molar-refractivity contribution in [1.29, 1.82) is 0 Å². The van der Waals surface area contributed by atoms with E-state index >= 15 is 0 Å². The zero-order valence-electron chi connectivity index (χ0n) is 7.33. The third-order valence-electron chi connectivity index (χ3n) is 1.60. The van der Waals surface area contributed by atoms with E-state index in [2.05, 4.69) is 39.5 Å². The highest BCUT2D eigenvalue weighted by Gasteiger charge is 2.14. The van der Waals surface area contributed by atoms with Crippen LogP contribution in [0.25, 0.3) is 0 Å². The van der Waals surface area contributed by atoms with Crippen LogP contribution in [-0.2, 0) is 7.05 Å². The summed E-state index contributed by atoms with van der Waals surface area (Å²) in [7, 11) is 1.76. The Morgan fingerprint density at radius 1 is 1.77 bits per heavy atom. The third-order valence-corrected chi connectivity index (χ3v) is 2.81. The zero-order valence-corrected chi connectivity index (χ0v) is 9.48. The van der Waals surface area contributed by atoms with Gasteiger partial charge in [0, 0.05) is 13.5 Å². The van der Waals surface area contributed by atoms with Crippen molar-refractivity contribution in [2.45, 2.75) is 12.8 Å². The van der Waals surface area contributed by atoms with Crippen LogP contribution < -0.4 is 0 Å². The Hall–Kier alpha value is -0.720. The molecule has 0 atom stereocenters. The van der Waals surface area contributed by atoms with Crippen LogP contribution in [0, 0.1) is 3.70 Å². The number of aryl methyl sites for hydroxylation is 1. The number of Topliss-reactive ketones (excluding diaryl/α,β-unsaturated/α-hetero) is 1. The lowest BCUT2D eigenvalue weighted by Gasteiger charge is -1.94. The van der Waals surface area contributed by atoms with Crippen molar-refractivity contribution < 1.29 is 4.79 Å². The predicted octanol–water partition coefficient (Wildman–Crippen LogP) is 1.57. The number of carbonyl (C=O) groups is 1. The molecule has 1 rings (SSSR count). The molecule has 0 aliphatic carbocycles. The summed E-state index contributed by atoms with van der Waals surface area (Å²) in [6.07, 6.45) is 2.87. The van der Waals surface area contributed by atoms with Crippen LogP contribution in [0.15, 0.2) is 12.7 Å². The lowest BCUT2D eigenvalue weighted by Crippen LogP contribution is -2.02. The van der Waals surface area contributed by atoms with Crippen LogP contribution in [0.2, 0.25) is 0 Å². The monoisotopic (exact) mass is 291 g/mol. The first-order valence-corrected chi connectivity index (χ1v) is 4.94. The summed E-state index contributed by atoms with van der Waals surface area (Å²) in [5.74, 6) is 0.0254. The topological polar surface area (TPSA) is 47.8 Å². The Kier molecular flexibility index (Phi) is 3.58. The van der Waals surface area contributed by atoms with Gasteiger partial charge in [0.1, 0.15) is 3.70 Å². The second-order valence-corrected chi connectivity index (χ2v) is 3.62. The van der Waals surface area contributed by atoms with E-state index in [1.165, 1.54) is 0 Å². The first-order valence-electron chi connectivity index (χ1n) is 3.86. The van der Waals surface area contributed by atoms with Gasteiger partial charge in [-0.15, -0.1) is 11.7 Å². The van der Waals surface area contributed by atoms with Crippen molar-refractivity contribution in [2.75, 3.05) is 0 Å². The zero-order chi connectivity index (χ0) is 9.84. The minimum absolute atomic E-state index is 0.0254. The third kappa shape index (κ3) is 2.36. The van der Waals surface area contributed by atoms with Crippen LogP contribution in [0.1, 0.15) is 23.3 Å². The number of rotatable bonds is 4. The summed E-state index contributed by atoms with van der Waals surface area (Å²) in [5.41, 5.74) is 0.463. The standard InChI is InChI=1S/C8H10IN3O/c1-3-4-5-6(13)7-8(9)12(2)11-10-7/h3H,1,4-5H2,2H3. The molecule has 0 fully saturated rings. The van der Waals surface area contributed by atoms with Crippen LogP contribution >= 0.6 is 22.6 Å². The van der Waals surface area contributed by atoms with Crippen LogP contribution in [0.3, 0.4) is 0 Å². The lowest BCUT2D eigenvalue weighted by atomic mass is 10.2. The molecule has 70 valence electrons. The van der Waals surface area contributed by atoms with Crippen LogP contribution in [0.4, 0.5) is 0 Å². The van der Waals surface area contributed by atoms with Crippen molar-refractivity contribution in [2.24, 2.45) is 7.05 Å². The van der Waals surface area contributed by atoms with Gasteiger partial charge >= 0.3 is 0 Å². The molecule has 0 saturated carbocycles. The van der Waals surface area contributed by atoms with Gasteiger partial charge in [0.05, 0.1) is 0 Å². The molecule has 0 aromatic carbocycles. The summed E-state index contributed by atoms with van der Waals surface area (Å²) in [4.78, 5) is 11.5. The fourth-order valence-electron chi connectivity index (χ4n) is 0.868. The van der Waals surface area contributed by atoms with Crippen molar-refractivity contribution in [3.63, 3.8) is 0 Å². The molecule has 0 aliphatic heterocycles. The van der Waals surface area contributed by atoms with Crippen molar-refractivity contribution in [3.8, 4) is 0 Å². The minimum atomic E-state index is 0.0254. The molecule has 0 aliphatic rings. The molecule has 4 nitrogen and oxygen atoms in total. The van der Waals surface area contributed by atoms with Crippen LogP contribution in [0.5, 0.6) is 0 Å². The van der Waals surface area contributed by atoms with E-state index in [1.807, 2.05) is 0 Å². The maximum atomic E-state index is 11.5. The Morgan fingerprint density at radius 2 is 2.46 bits per heavy atom. The summed E-state index contributed by atoms with van der Waals surface area (Å²) in [6, 6.07) is 0. The predicted molar refractivity (Wildman–Crippen MR) is 57.5 cm³/mol.